The first-order valence-corrected chi connectivity index (χ1v) is 11.6. The van der Waals surface area contributed by atoms with Gasteiger partial charge < -0.3 is 4.74 Å². The van der Waals surface area contributed by atoms with E-state index in [-0.39, 0.29) is 4.90 Å². The van der Waals surface area contributed by atoms with Crippen molar-refractivity contribution in [3.8, 4) is 17.4 Å². The Balaban J connectivity index is 1.33. The van der Waals surface area contributed by atoms with Gasteiger partial charge in [0.2, 0.25) is 5.88 Å². The molecule has 0 atom stereocenters. The van der Waals surface area contributed by atoms with Gasteiger partial charge in [-0.2, -0.15) is 10.1 Å². The Kier molecular flexibility index (Phi) is 5.23. The average Bonchev–Trinajstić information content (AvgIpc) is 3.35. The van der Waals surface area contributed by atoms with Gasteiger partial charge in [0.15, 0.2) is 5.82 Å². The van der Waals surface area contributed by atoms with Crippen molar-refractivity contribution in [2.24, 2.45) is 0 Å². The molecule has 1 N–H and O–H groups in total. The molecule has 0 aliphatic heterocycles. The van der Waals surface area contributed by atoms with Gasteiger partial charge in [-0.1, -0.05) is 30.3 Å². The van der Waals surface area contributed by atoms with Crippen LogP contribution in [0.1, 0.15) is 5.82 Å². The molecule has 0 amide bonds. The fourth-order valence-corrected chi connectivity index (χ4v) is 4.45. The number of nitrogens with one attached hydrogen (secondary N) is 1. The maximum absolute atomic E-state index is 12.8. The zero-order chi connectivity index (χ0) is 22.8. The molecule has 9 heteroatoms. The lowest BCUT2D eigenvalue weighted by Gasteiger charge is -2.11. The second kappa shape index (κ2) is 8.36. The number of fused-ring (bicyclic) bond motifs is 1. The summed E-state index contributed by atoms with van der Waals surface area (Å²) in [5, 5.41) is 6.01. The molecular weight excluding hydrogens is 438 g/mol. The second-order valence-electron chi connectivity index (χ2n) is 7.30. The van der Waals surface area contributed by atoms with E-state index < -0.39 is 10.0 Å². The van der Waals surface area contributed by atoms with E-state index in [0.717, 1.165) is 10.8 Å². The van der Waals surface area contributed by atoms with Gasteiger partial charge in [0, 0.05) is 24.1 Å². The third-order valence-electron chi connectivity index (χ3n) is 4.90. The number of benzene rings is 3. The SMILES string of the molecule is Cc1nc(Oc2ccc(NS(=O)(=O)c3ccc4ccccc4c3)cc2)cc(-n2cccn2)n1. The molecule has 2 heterocycles. The van der Waals surface area contributed by atoms with Crippen molar-refractivity contribution >= 4 is 26.5 Å². The van der Waals surface area contributed by atoms with Crippen molar-refractivity contribution in [2.45, 2.75) is 11.8 Å². The van der Waals surface area contributed by atoms with Crippen LogP contribution in [0.2, 0.25) is 0 Å². The van der Waals surface area contributed by atoms with E-state index in [1.807, 2.05) is 24.3 Å². The van der Waals surface area contributed by atoms with Gasteiger partial charge in [0.25, 0.3) is 10.0 Å². The number of ether oxygens (including phenoxy) is 1. The molecule has 0 aliphatic rings. The Labute approximate surface area is 190 Å². The highest BCUT2D eigenvalue weighted by atomic mass is 32.2. The fourth-order valence-electron chi connectivity index (χ4n) is 3.36. The van der Waals surface area contributed by atoms with Crippen LogP contribution in [-0.2, 0) is 10.0 Å². The summed E-state index contributed by atoms with van der Waals surface area (Å²) >= 11 is 0. The molecule has 0 unspecified atom stereocenters. The van der Waals surface area contributed by atoms with Crippen LogP contribution in [0.4, 0.5) is 5.69 Å². The van der Waals surface area contributed by atoms with Crippen molar-refractivity contribution in [3.05, 3.63) is 97.1 Å². The van der Waals surface area contributed by atoms with Crippen molar-refractivity contribution in [2.75, 3.05) is 4.72 Å². The predicted molar refractivity (Wildman–Crippen MR) is 125 cm³/mol. The third-order valence-corrected chi connectivity index (χ3v) is 6.28. The number of hydrogen-bond donors (Lipinski definition) is 1. The molecule has 164 valence electrons. The molecule has 33 heavy (non-hydrogen) atoms. The van der Waals surface area contributed by atoms with Gasteiger partial charge in [0.05, 0.1) is 4.90 Å². The highest BCUT2D eigenvalue weighted by Gasteiger charge is 2.15. The number of aromatic nitrogens is 4. The van der Waals surface area contributed by atoms with Gasteiger partial charge in [-0.3, -0.25) is 4.72 Å². The molecule has 0 radical (unpaired) electrons. The first kappa shape index (κ1) is 20.7. The lowest BCUT2D eigenvalue weighted by molar-refractivity contribution is 0.459. The molecule has 2 aromatic heterocycles. The molecule has 0 saturated heterocycles. The Morgan fingerprint density at radius 3 is 2.42 bits per heavy atom. The molecule has 0 spiro atoms. The first-order chi connectivity index (χ1) is 16.0. The summed E-state index contributed by atoms with van der Waals surface area (Å²) in [5.74, 6) is 1.99. The third kappa shape index (κ3) is 4.53. The predicted octanol–water partition coefficient (Wildman–Crippen LogP) is 4.72. The van der Waals surface area contributed by atoms with Crippen molar-refractivity contribution < 1.29 is 13.2 Å². The van der Waals surface area contributed by atoms with E-state index in [4.69, 9.17) is 4.74 Å². The van der Waals surface area contributed by atoms with Gasteiger partial charge >= 0.3 is 0 Å². The summed E-state index contributed by atoms with van der Waals surface area (Å²) in [6.45, 7) is 1.77. The van der Waals surface area contributed by atoms with E-state index >= 15 is 0 Å². The number of aryl methyl sites for hydroxylation is 1. The van der Waals surface area contributed by atoms with Crippen molar-refractivity contribution in [1.29, 1.82) is 0 Å². The van der Waals surface area contributed by atoms with Gasteiger partial charge in [-0.05, 0) is 60.2 Å². The van der Waals surface area contributed by atoms with Gasteiger partial charge in [0.1, 0.15) is 11.6 Å². The molecule has 0 fully saturated rings. The van der Waals surface area contributed by atoms with Gasteiger partial charge in [-0.25, -0.2) is 18.1 Å². The summed E-state index contributed by atoms with van der Waals surface area (Å²) in [7, 11) is -3.73. The minimum Gasteiger partial charge on any atom is -0.439 e. The first-order valence-electron chi connectivity index (χ1n) is 10.1. The Bertz CT molecular complexity index is 1530. The van der Waals surface area contributed by atoms with Crippen molar-refractivity contribution in [3.63, 3.8) is 0 Å². The second-order valence-corrected chi connectivity index (χ2v) is 8.99. The molecule has 0 aliphatic carbocycles. The molecule has 0 saturated carbocycles. The quantitative estimate of drug-likeness (QED) is 0.396. The molecular formula is C24H19N5O3S. The van der Waals surface area contributed by atoms with Crippen LogP contribution < -0.4 is 9.46 Å². The zero-order valence-corrected chi connectivity index (χ0v) is 18.4. The number of sulfonamides is 1. The number of anilines is 1. The Morgan fingerprint density at radius 2 is 1.67 bits per heavy atom. The van der Waals surface area contributed by atoms with Crippen LogP contribution in [0.25, 0.3) is 16.6 Å². The fraction of sp³-hybridized carbons (Fsp3) is 0.0417. The number of rotatable bonds is 6. The minimum atomic E-state index is -3.73. The maximum Gasteiger partial charge on any atom is 0.261 e. The van der Waals surface area contributed by atoms with Crippen LogP contribution in [0.5, 0.6) is 11.6 Å². The Hall–Kier alpha value is -4.24. The Morgan fingerprint density at radius 1 is 0.879 bits per heavy atom. The van der Waals surface area contributed by atoms with Crippen LogP contribution >= 0.6 is 0 Å². The van der Waals surface area contributed by atoms with Gasteiger partial charge in [-0.15, -0.1) is 0 Å². The van der Waals surface area contributed by atoms with Crippen molar-refractivity contribution in [1.82, 2.24) is 19.7 Å². The minimum absolute atomic E-state index is 0.198. The number of hydrogen-bond acceptors (Lipinski definition) is 6. The monoisotopic (exact) mass is 457 g/mol. The average molecular weight is 458 g/mol. The summed E-state index contributed by atoms with van der Waals surface area (Å²) < 4.78 is 35.8. The largest absolute Gasteiger partial charge is 0.439 e. The maximum atomic E-state index is 12.8. The zero-order valence-electron chi connectivity index (χ0n) is 17.6. The smallest absolute Gasteiger partial charge is 0.261 e. The van der Waals surface area contributed by atoms with E-state index in [9.17, 15) is 8.42 Å². The van der Waals surface area contributed by atoms with E-state index in [1.165, 1.54) is 0 Å². The molecule has 5 aromatic rings. The summed E-state index contributed by atoms with van der Waals surface area (Å²) in [5.41, 5.74) is 0.423. The van der Waals surface area contributed by atoms with Crippen LogP contribution in [0.15, 0.2) is 96.2 Å². The molecule has 5 rings (SSSR count). The standard InChI is InChI=1S/C24H19N5O3S/c1-17-26-23(29-14-4-13-25-29)16-24(27-17)32-21-10-8-20(9-11-21)28-33(30,31)22-12-7-18-5-2-3-6-19(18)15-22/h2-16,28H,1H3. The van der Waals surface area contributed by atoms with Crippen LogP contribution in [0.3, 0.4) is 0 Å². The normalized spacial score (nSPS) is 11.4. The summed E-state index contributed by atoms with van der Waals surface area (Å²) in [6.07, 6.45) is 3.44. The van der Waals surface area contributed by atoms with E-state index in [0.29, 0.717) is 29.0 Å². The molecule has 0 bridgehead atoms. The van der Waals surface area contributed by atoms with E-state index in [1.54, 1.807) is 78.6 Å². The lowest BCUT2D eigenvalue weighted by atomic mass is 10.1. The van der Waals surface area contributed by atoms with E-state index in [2.05, 4.69) is 19.8 Å². The molecule has 3 aromatic carbocycles. The van der Waals surface area contributed by atoms with Crippen LogP contribution in [0, 0.1) is 6.92 Å². The number of nitrogens with zero attached hydrogens (tertiary/aromatic N) is 4. The lowest BCUT2D eigenvalue weighted by Crippen LogP contribution is -2.12. The summed E-state index contributed by atoms with van der Waals surface area (Å²) in [4.78, 5) is 8.85. The topological polar surface area (TPSA) is 99.0 Å². The highest BCUT2D eigenvalue weighted by molar-refractivity contribution is 7.92. The highest BCUT2D eigenvalue weighted by Crippen LogP contribution is 2.25. The van der Waals surface area contributed by atoms with Crippen LogP contribution in [-0.4, -0.2) is 28.2 Å². The summed E-state index contributed by atoms with van der Waals surface area (Å²) in [6, 6.07) is 22.7. The molecule has 8 nitrogen and oxygen atoms in total.